The maximum absolute atomic E-state index is 11.8. The Morgan fingerprint density at radius 2 is 2.35 bits per heavy atom. The van der Waals surface area contributed by atoms with Crippen molar-refractivity contribution in [3.63, 3.8) is 0 Å². The van der Waals surface area contributed by atoms with Crippen molar-refractivity contribution in [2.24, 2.45) is 0 Å². The minimum atomic E-state index is 0.167. The average molecular weight is 232 g/mol. The van der Waals surface area contributed by atoms with Crippen LogP contribution >= 0.6 is 0 Å². The molecule has 1 aromatic carbocycles. The number of hydrogen-bond donors (Lipinski definition) is 1. The Bertz CT molecular complexity index is 403. The van der Waals surface area contributed by atoms with Crippen LogP contribution in [0.2, 0.25) is 0 Å². The molecule has 0 radical (unpaired) electrons. The van der Waals surface area contributed by atoms with Crippen molar-refractivity contribution in [2.75, 3.05) is 33.7 Å². The van der Waals surface area contributed by atoms with Crippen molar-refractivity contribution < 1.29 is 4.79 Å². The number of likely N-dealkylation sites (tertiary alicyclic amines) is 1. The Morgan fingerprint density at radius 1 is 1.53 bits per heavy atom. The molecule has 0 aliphatic carbocycles. The first-order valence-electron chi connectivity index (χ1n) is 6.17. The summed E-state index contributed by atoms with van der Waals surface area (Å²) in [6, 6.07) is 8.10. The molecule has 3 heteroatoms. The molecule has 1 N–H and O–H groups in total. The molecular weight excluding hydrogens is 212 g/mol. The Morgan fingerprint density at radius 3 is 3.00 bits per heavy atom. The number of Topliss-reactive ketones (excluding diaryl/α,β-unsaturated/α-hetero) is 1. The third-order valence-electron chi connectivity index (χ3n) is 3.41. The van der Waals surface area contributed by atoms with Gasteiger partial charge in [-0.15, -0.1) is 0 Å². The summed E-state index contributed by atoms with van der Waals surface area (Å²) >= 11 is 0. The van der Waals surface area contributed by atoms with E-state index < -0.39 is 0 Å². The Balaban J connectivity index is 2.14. The normalized spacial score (nSPS) is 20.7. The number of carbonyl (C=O) groups is 1. The fourth-order valence-corrected chi connectivity index (χ4v) is 2.44. The van der Waals surface area contributed by atoms with Crippen LogP contribution in [0.5, 0.6) is 0 Å². The number of carbonyl (C=O) groups excluding carboxylic acids is 1. The zero-order valence-electron chi connectivity index (χ0n) is 10.6. The number of nitrogens with one attached hydrogen (secondary N) is 1. The molecule has 1 unspecified atom stereocenters. The second-order valence-electron chi connectivity index (χ2n) is 4.83. The summed E-state index contributed by atoms with van der Waals surface area (Å²) < 4.78 is 0. The summed E-state index contributed by atoms with van der Waals surface area (Å²) in [6.45, 7) is 2.66. The first-order valence-corrected chi connectivity index (χ1v) is 6.17. The highest BCUT2D eigenvalue weighted by molar-refractivity contribution is 5.97. The van der Waals surface area contributed by atoms with E-state index in [0.29, 0.717) is 12.5 Å². The number of benzene rings is 1. The van der Waals surface area contributed by atoms with Crippen LogP contribution in [-0.2, 0) is 0 Å². The summed E-state index contributed by atoms with van der Waals surface area (Å²) in [5, 5.41) is 2.90. The van der Waals surface area contributed by atoms with Gasteiger partial charge in [0.1, 0.15) is 0 Å². The van der Waals surface area contributed by atoms with Crippen LogP contribution in [0.25, 0.3) is 0 Å². The lowest BCUT2D eigenvalue weighted by molar-refractivity contribution is 0.0993. The van der Waals surface area contributed by atoms with E-state index in [0.717, 1.165) is 18.7 Å². The van der Waals surface area contributed by atoms with Crippen LogP contribution in [0.4, 0.5) is 0 Å². The maximum atomic E-state index is 11.8. The van der Waals surface area contributed by atoms with E-state index in [1.54, 1.807) is 7.05 Å². The first kappa shape index (κ1) is 12.3. The smallest absolute Gasteiger partial charge is 0.176 e. The third kappa shape index (κ3) is 2.93. The molecular formula is C14H20N2O. The lowest BCUT2D eigenvalue weighted by atomic mass is 9.95. The number of rotatable bonds is 4. The maximum Gasteiger partial charge on any atom is 0.176 e. The molecule has 1 aliphatic heterocycles. The second-order valence-corrected chi connectivity index (χ2v) is 4.83. The van der Waals surface area contributed by atoms with Crippen molar-refractivity contribution in [2.45, 2.75) is 12.3 Å². The van der Waals surface area contributed by atoms with Crippen molar-refractivity contribution in [3.05, 3.63) is 35.4 Å². The van der Waals surface area contributed by atoms with E-state index in [2.05, 4.69) is 29.4 Å². The summed E-state index contributed by atoms with van der Waals surface area (Å²) in [5.74, 6) is 0.753. The van der Waals surface area contributed by atoms with Gasteiger partial charge in [-0.2, -0.15) is 0 Å². The quantitative estimate of drug-likeness (QED) is 0.799. The van der Waals surface area contributed by atoms with E-state index in [1.165, 1.54) is 12.0 Å². The molecule has 2 rings (SSSR count). The summed E-state index contributed by atoms with van der Waals surface area (Å²) in [4.78, 5) is 14.1. The van der Waals surface area contributed by atoms with Crippen molar-refractivity contribution >= 4 is 5.78 Å². The molecule has 17 heavy (non-hydrogen) atoms. The molecule has 0 aromatic heterocycles. The van der Waals surface area contributed by atoms with Crippen LogP contribution in [0.15, 0.2) is 24.3 Å². The molecule has 0 saturated carbocycles. The zero-order chi connectivity index (χ0) is 12.3. The molecule has 1 saturated heterocycles. The number of nitrogens with zero attached hydrogens (tertiary/aromatic N) is 1. The highest BCUT2D eigenvalue weighted by Crippen LogP contribution is 2.26. The summed E-state index contributed by atoms with van der Waals surface area (Å²) in [5.41, 5.74) is 2.13. The topological polar surface area (TPSA) is 32.3 Å². The Hall–Kier alpha value is -1.19. The van der Waals surface area contributed by atoms with Crippen molar-refractivity contribution in [3.8, 4) is 0 Å². The highest BCUT2D eigenvalue weighted by Gasteiger charge is 2.21. The third-order valence-corrected chi connectivity index (χ3v) is 3.41. The van der Waals surface area contributed by atoms with Gasteiger partial charge in [0.25, 0.3) is 0 Å². The van der Waals surface area contributed by atoms with Gasteiger partial charge in [0.2, 0.25) is 0 Å². The minimum Gasteiger partial charge on any atom is -0.313 e. The van der Waals surface area contributed by atoms with Crippen molar-refractivity contribution in [1.29, 1.82) is 0 Å². The average Bonchev–Trinajstić information content (AvgIpc) is 2.76. The van der Waals surface area contributed by atoms with Gasteiger partial charge in [-0.25, -0.2) is 0 Å². The lowest BCUT2D eigenvalue weighted by Crippen LogP contribution is -2.19. The van der Waals surface area contributed by atoms with Gasteiger partial charge in [-0.1, -0.05) is 18.2 Å². The first-order chi connectivity index (χ1) is 8.20. The van der Waals surface area contributed by atoms with Gasteiger partial charge >= 0.3 is 0 Å². The highest BCUT2D eigenvalue weighted by atomic mass is 16.1. The van der Waals surface area contributed by atoms with Crippen LogP contribution in [0.3, 0.4) is 0 Å². The largest absolute Gasteiger partial charge is 0.313 e. The zero-order valence-corrected chi connectivity index (χ0v) is 10.6. The SMILES string of the molecule is CNCC(=O)c1cccc(C2CCN(C)C2)c1. The van der Waals surface area contributed by atoms with Crippen LogP contribution in [-0.4, -0.2) is 44.4 Å². The molecule has 0 amide bonds. The van der Waals surface area contributed by atoms with Crippen LogP contribution in [0, 0.1) is 0 Å². The number of ketones is 1. The molecule has 3 nitrogen and oxygen atoms in total. The van der Waals surface area contributed by atoms with Gasteiger partial charge in [0.15, 0.2) is 5.78 Å². The van der Waals surface area contributed by atoms with Gasteiger partial charge in [-0.05, 0) is 44.6 Å². The summed E-state index contributed by atoms with van der Waals surface area (Å²) in [7, 11) is 3.95. The van der Waals surface area contributed by atoms with Gasteiger partial charge < -0.3 is 10.2 Å². The Kier molecular flexibility index (Phi) is 3.92. The summed E-state index contributed by atoms with van der Waals surface area (Å²) in [6.07, 6.45) is 1.19. The molecule has 0 spiro atoms. The number of likely N-dealkylation sites (N-methyl/N-ethyl adjacent to an activating group) is 2. The fraction of sp³-hybridized carbons (Fsp3) is 0.500. The molecule has 1 heterocycles. The fourth-order valence-electron chi connectivity index (χ4n) is 2.44. The predicted molar refractivity (Wildman–Crippen MR) is 69.6 cm³/mol. The molecule has 1 atom stereocenters. The second kappa shape index (κ2) is 5.43. The monoisotopic (exact) mass is 232 g/mol. The lowest BCUT2D eigenvalue weighted by Gasteiger charge is -2.12. The Labute approximate surface area is 103 Å². The molecule has 1 aliphatic rings. The van der Waals surface area contributed by atoms with E-state index >= 15 is 0 Å². The van der Waals surface area contributed by atoms with Gasteiger partial charge in [-0.3, -0.25) is 4.79 Å². The van der Waals surface area contributed by atoms with Crippen molar-refractivity contribution in [1.82, 2.24) is 10.2 Å². The molecule has 92 valence electrons. The predicted octanol–water partition coefficient (Wildman–Crippen LogP) is 1.51. The van der Waals surface area contributed by atoms with E-state index in [1.807, 2.05) is 12.1 Å². The molecule has 1 fully saturated rings. The molecule has 1 aromatic rings. The van der Waals surface area contributed by atoms with Gasteiger partial charge in [0.05, 0.1) is 6.54 Å². The van der Waals surface area contributed by atoms with E-state index in [4.69, 9.17) is 0 Å². The minimum absolute atomic E-state index is 0.167. The standard InChI is InChI=1S/C14H20N2O/c1-15-9-14(17)12-5-3-4-11(8-12)13-6-7-16(2)10-13/h3-5,8,13,15H,6-7,9-10H2,1-2H3. The van der Waals surface area contributed by atoms with E-state index in [-0.39, 0.29) is 5.78 Å². The van der Waals surface area contributed by atoms with Gasteiger partial charge in [0, 0.05) is 12.1 Å². The van der Waals surface area contributed by atoms with E-state index in [9.17, 15) is 4.79 Å². The number of hydrogen-bond acceptors (Lipinski definition) is 3. The van der Waals surface area contributed by atoms with Crippen LogP contribution in [0.1, 0.15) is 28.3 Å². The van der Waals surface area contributed by atoms with Crippen LogP contribution < -0.4 is 5.32 Å². The molecule has 0 bridgehead atoms.